The predicted octanol–water partition coefficient (Wildman–Crippen LogP) is -0.406. The van der Waals surface area contributed by atoms with Crippen molar-refractivity contribution in [3.8, 4) is 0 Å². The number of carbonyl (C=O) groups excluding carboxylic acids is 1. The van der Waals surface area contributed by atoms with E-state index in [0.29, 0.717) is 0 Å². The van der Waals surface area contributed by atoms with Crippen molar-refractivity contribution in [1.29, 1.82) is 0 Å². The molecule has 0 heterocycles. The highest BCUT2D eigenvalue weighted by Crippen LogP contribution is 2.11. The molecule has 0 aromatic heterocycles. The number of carbonyl (C=O) groups is 2. The van der Waals surface area contributed by atoms with Crippen molar-refractivity contribution in [2.24, 2.45) is 5.41 Å². The van der Waals surface area contributed by atoms with Gasteiger partial charge in [-0.25, -0.2) is 4.79 Å². The minimum Gasteiger partial charge on any atom is -0.479 e. The fraction of sp³-hybridized carbons (Fsp3) is 0.750. The molecule has 1 atom stereocenters. The lowest BCUT2D eigenvalue weighted by Gasteiger charge is -2.18. The van der Waals surface area contributed by atoms with Gasteiger partial charge in [-0.2, -0.15) is 0 Å². The van der Waals surface area contributed by atoms with E-state index < -0.39 is 17.5 Å². The van der Waals surface area contributed by atoms with E-state index >= 15 is 0 Å². The molecule has 0 aliphatic rings. The topological polar surface area (TPSA) is 86.6 Å². The molecule has 13 heavy (non-hydrogen) atoms. The van der Waals surface area contributed by atoms with Gasteiger partial charge in [-0.3, -0.25) is 4.79 Å². The van der Waals surface area contributed by atoms with E-state index in [4.69, 9.17) is 10.2 Å². The summed E-state index contributed by atoms with van der Waals surface area (Å²) in [6.45, 7) is 4.85. The third kappa shape index (κ3) is 4.47. The van der Waals surface area contributed by atoms with Crippen LogP contribution >= 0.6 is 0 Å². The van der Waals surface area contributed by atoms with E-state index in [1.54, 1.807) is 20.8 Å². The number of aliphatic hydroxyl groups excluding tert-OH is 1. The van der Waals surface area contributed by atoms with Gasteiger partial charge in [-0.05, 0) is 0 Å². The van der Waals surface area contributed by atoms with Crippen LogP contribution in [0.2, 0.25) is 0 Å². The number of nitrogens with one attached hydrogen (secondary N) is 1. The van der Waals surface area contributed by atoms with E-state index in [2.05, 4.69) is 5.32 Å². The SMILES string of the molecule is CC(C)(C)C(=O)NC[C@H](O)C(=O)O. The molecule has 0 aromatic carbocycles. The summed E-state index contributed by atoms with van der Waals surface area (Å²) in [6.07, 6.45) is -1.54. The number of amides is 1. The van der Waals surface area contributed by atoms with Crippen molar-refractivity contribution in [2.75, 3.05) is 6.54 Å². The molecule has 0 saturated heterocycles. The number of hydrogen-bond acceptors (Lipinski definition) is 3. The zero-order chi connectivity index (χ0) is 10.6. The van der Waals surface area contributed by atoms with Crippen LogP contribution in [-0.4, -0.2) is 34.7 Å². The summed E-state index contributed by atoms with van der Waals surface area (Å²) in [4.78, 5) is 21.3. The lowest BCUT2D eigenvalue weighted by molar-refractivity contribution is -0.146. The van der Waals surface area contributed by atoms with Gasteiger partial charge in [-0.15, -0.1) is 0 Å². The van der Waals surface area contributed by atoms with Crippen LogP contribution in [0.15, 0.2) is 0 Å². The highest BCUT2D eigenvalue weighted by atomic mass is 16.4. The Morgan fingerprint density at radius 1 is 1.38 bits per heavy atom. The third-order valence-corrected chi connectivity index (χ3v) is 1.42. The number of hydrogen-bond donors (Lipinski definition) is 3. The smallest absolute Gasteiger partial charge is 0.334 e. The quantitative estimate of drug-likeness (QED) is 0.563. The lowest BCUT2D eigenvalue weighted by Crippen LogP contribution is -2.41. The molecule has 0 saturated carbocycles. The highest BCUT2D eigenvalue weighted by molar-refractivity contribution is 5.82. The number of carboxylic acid groups (broad SMARTS) is 1. The number of rotatable bonds is 3. The molecule has 5 heteroatoms. The van der Waals surface area contributed by atoms with Crippen molar-refractivity contribution >= 4 is 11.9 Å². The molecule has 3 N–H and O–H groups in total. The zero-order valence-electron chi connectivity index (χ0n) is 8.00. The molecule has 0 bridgehead atoms. The maximum Gasteiger partial charge on any atom is 0.334 e. The molecule has 0 aliphatic carbocycles. The van der Waals surface area contributed by atoms with Crippen LogP contribution in [0.5, 0.6) is 0 Å². The molecule has 5 nitrogen and oxygen atoms in total. The summed E-state index contributed by atoms with van der Waals surface area (Å²) in [7, 11) is 0. The second kappa shape index (κ2) is 4.23. The predicted molar refractivity (Wildman–Crippen MR) is 46.1 cm³/mol. The monoisotopic (exact) mass is 189 g/mol. The standard InChI is InChI=1S/C8H15NO4/c1-8(2,3)7(13)9-4-5(10)6(11)12/h5,10H,4H2,1-3H3,(H,9,13)(H,11,12)/t5-/m0/s1. The maximum atomic E-state index is 11.2. The number of aliphatic hydroxyl groups is 1. The third-order valence-electron chi connectivity index (χ3n) is 1.42. The lowest BCUT2D eigenvalue weighted by atomic mass is 9.96. The molecule has 0 unspecified atom stereocenters. The van der Waals surface area contributed by atoms with Crippen LogP contribution in [0, 0.1) is 5.41 Å². The first-order valence-electron chi connectivity index (χ1n) is 3.94. The molecular weight excluding hydrogens is 174 g/mol. The van der Waals surface area contributed by atoms with Crippen LogP contribution < -0.4 is 5.32 Å². The molecule has 0 aliphatic heterocycles. The van der Waals surface area contributed by atoms with Crippen molar-refractivity contribution in [1.82, 2.24) is 5.32 Å². The fourth-order valence-electron chi connectivity index (χ4n) is 0.542. The summed E-state index contributed by atoms with van der Waals surface area (Å²) >= 11 is 0. The average Bonchev–Trinajstić information content (AvgIpc) is 1.97. The Bertz CT molecular complexity index is 207. The van der Waals surface area contributed by atoms with Gasteiger partial charge < -0.3 is 15.5 Å². The van der Waals surface area contributed by atoms with Gasteiger partial charge in [-0.1, -0.05) is 20.8 Å². The second-order valence-electron chi connectivity index (χ2n) is 3.81. The van der Waals surface area contributed by atoms with Crippen LogP contribution in [0.4, 0.5) is 0 Å². The van der Waals surface area contributed by atoms with Crippen LogP contribution in [0.3, 0.4) is 0 Å². The zero-order valence-corrected chi connectivity index (χ0v) is 8.00. The van der Waals surface area contributed by atoms with E-state index in [1.165, 1.54) is 0 Å². The summed E-state index contributed by atoms with van der Waals surface area (Å²) in [6, 6.07) is 0. The van der Waals surface area contributed by atoms with Crippen LogP contribution in [0.25, 0.3) is 0 Å². The van der Waals surface area contributed by atoms with Crippen molar-refractivity contribution in [2.45, 2.75) is 26.9 Å². The van der Waals surface area contributed by atoms with Gasteiger partial charge in [0.25, 0.3) is 0 Å². The number of aliphatic carboxylic acids is 1. The Morgan fingerprint density at radius 2 is 1.85 bits per heavy atom. The molecule has 76 valence electrons. The fourth-order valence-corrected chi connectivity index (χ4v) is 0.542. The minimum absolute atomic E-state index is 0.258. The minimum atomic E-state index is -1.54. The summed E-state index contributed by atoms with van der Waals surface area (Å²) in [5.74, 6) is -1.62. The van der Waals surface area contributed by atoms with Crippen LogP contribution in [-0.2, 0) is 9.59 Å². The Hall–Kier alpha value is -1.10. The van der Waals surface area contributed by atoms with E-state index in [-0.39, 0.29) is 12.5 Å². The first kappa shape index (κ1) is 11.9. The molecule has 0 fully saturated rings. The van der Waals surface area contributed by atoms with Gasteiger partial charge in [0.15, 0.2) is 6.10 Å². The summed E-state index contributed by atoms with van der Waals surface area (Å²) in [5.41, 5.74) is -0.571. The first-order valence-corrected chi connectivity index (χ1v) is 3.94. The molecule has 0 radical (unpaired) electrons. The van der Waals surface area contributed by atoms with Gasteiger partial charge in [0, 0.05) is 5.41 Å². The first-order chi connectivity index (χ1) is 5.75. The van der Waals surface area contributed by atoms with Crippen molar-refractivity contribution in [3.05, 3.63) is 0 Å². The molecule has 0 spiro atoms. The van der Waals surface area contributed by atoms with Crippen molar-refractivity contribution < 1.29 is 19.8 Å². The Balaban J connectivity index is 3.91. The molecular formula is C8H15NO4. The molecule has 0 aromatic rings. The summed E-state index contributed by atoms with van der Waals surface area (Å²) < 4.78 is 0. The second-order valence-corrected chi connectivity index (χ2v) is 3.81. The maximum absolute atomic E-state index is 11.2. The molecule has 1 amide bonds. The molecule has 0 rings (SSSR count). The van der Waals surface area contributed by atoms with E-state index in [0.717, 1.165) is 0 Å². The van der Waals surface area contributed by atoms with Gasteiger partial charge in [0.2, 0.25) is 5.91 Å². The summed E-state index contributed by atoms with van der Waals surface area (Å²) in [5, 5.41) is 19.5. The van der Waals surface area contributed by atoms with E-state index in [9.17, 15) is 9.59 Å². The Morgan fingerprint density at radius 3 is 2.15 bits per heavy atom. The number of carboxylic acids is 1. The normalized spacial score (nSPS) is 13.5. The average molecular weight is 189 g/mol. The Kier molecular flexibility index (Phi) is 3.87. The largest absolute Gasteiger partial charge is 0.479 e. The van der Waals surface area contributed by atoms with E-state index in [1.807, 2.05) is 0 Å². The van der Waals surface area contributed by atoms with Gasteiger partial charge >= 0.3 is 5.97 Å². The van der Waals surface area contributed by atoms with Gasteiger partial charge in [0.1, 0.15) is 0 Å². The highest BCUT2D eigenvalue weighted by Gasteiger charge is 2.22. The van der Waals surface area contributed by atoms with Gasteiger partial charge in [0.05, 0.1) is 6.54 Å². The Labute approximate surface area is 76.8 Å². The van der Waals surface area contributed by atoms with Crippen LogP contribution in [0.1, 0.15) is 20.8 Å². The van der Waals surface area contributed by atoms with Crippen molar-refractivity contribution in [3.63, 3.8) is 0 Å².